The van der Waals surface area contributed by atoms with E-state index >= 15 is 0 Å². The minimum atomic E-state index is -0.599. The van der Waals surface area contributed by atoms with Crippen LogP contribution in [0.15, 0.2) is 48.7 Å². The third-order valence-corrected chi connectivity index (χ3v) is 5.54. The summed E-state index contributed by atoms with van der Waals surface area (Å²) in [4.78, 5) is 30.0. The number of nitrogens with one attached hydrogen (secondary N) is 1. The molecule has 0 saturated carbocycles. The third-order valence-electron chi connectivity index (χ3n) is 4.85. The van der Waals surface area contributed by atoms with Crippen LogP contribution in [0.2, 0.25) is 0 Å². The van der Waals surface area contributed by atoms with Gasteiger partial charge in [0.05, 0.1) is 18.2 Å². The van der Waals surface area contributed by atoms with Crippen molar-refractivity contribution in [1.82, 2.24) is 10.3 Å². The zero-order valence-electron chi connectivity index (χ0n) is 18.3. The highest BCUT2D eigenvalue weighted by atomic mass is 32.2. The molecule has 0 radical (unpaired) electrons. The van der Waals surface area contributed by atoms with E-state index in [4.69, 9.17) is 15.2 Å². The van der Waals surface area contributed by atoms with Crippen LogP contribution in [0.5, 0.6) is 17.2 Å². The molecule has 0 unspecified atom stereocenters. The van der Waals surface area contributed by atoms with Crippen LogP contribution in [0.1, 0.15) is 16.8 Å². The number of ether oxygens (including phenoxy) is 2. The van der Waals surface area contributed by atoms with Crippen LogP contribution < -0.4 is 25.4 Å². The molecular formula is C23H26N4O4S. The van der Waals surface area contributed by atoms with Crippen LogP contribution in [0.3, 0.4) is 0 Å². The van der Waals surface area contributed by atoms with Crippen molar-refractivity contribution in [1.29, 1.82) is 0 Å². The molecule has 0 spiro atoms. The van der Waals surface area contributed by atoms with Gasteiger partial charge in [0.25, 0.3) is 5.91 Å². The van der Waals surface area contributed by atoms with Gasteiger partial charge in [0.15, 0.2) is 0 Å². The summed E-state index contributed by atoms with van der Waals surface area (Å²) in [6, 6.07) is 12.0. The maximum atomic E-state index is 12.3. The molecule has 3 amide bonds. The minimum Gasteiger partial charge on any atom is -0.496 e. The number of aromatic nitrogens is 1. The lowest BCUT2D eigenvalue weighted by molar-refractivity contribution is 0.0997. The monoisotopic (exact) mass is 454 g/mol. The van der Waals surface area contributed by atoms with Gasteiger partial charge in [-0.15, -0.1) is 0 Å². The Morgan fingerprint density at radius 2 is 1.91 bits per heavy atom. The molecule has 0 aliphatic carbocycles. The van der Waals surface area contributed by atoms with Crippen LogP contribution in [0.4, 0.5) is 10.5 Å². The van der Waals surface area contributed by atoms with E-state index in [1.54, 1.807) is 72.4 Å². The van der Waals surface area contributed by atoms with Crippen molar-refractivity contribution in [2.45, 2.75) is 6.42 Å². The van der Waals surface area contributed by atoms with E-state index in [1.165, 1.54) is 7.11 Å². The van der Waals surface area contributed by atoms with Crippen molar-refractivity contribution in [2.75, 3.05) is 37.6 Å². The Hall–Kier alpha value is -3.46. The van der Waals surface area contributed by atoms with E-state index in [0.717, 1.165) is 17.9 Å². The van der Waals surface area contributed by atoms with E-state index in [1.807, 2.05) is 6.26 Å². The van der Waals surface area contributed by atoms with Gasteiger partial charge in [0.2, 0.25) is 0 Å². The van der Waals surface area contributed by atoms with Crippen LogP contribution in [0.25, 0.3) is 10.9 Å². The number of carbonyl (C=O) groups excluding carboxylic acids is 2. The number of benzene rings is 2. The van der Waals surface area contributed by atoms with Crippen molar-refractivity contribution in [3.8, 4) is 17.2 Å². The topological polar surface area (TPSA) is 107 Å². The number of thioether (sulfide) groups is 1. The Morgan fingerprint density at radius 3 is 2.56 bits per heavy atom. The molecule has 0 aliphatic rings. The summed E-state index contributed by atoms with van der Waals surface area (Å²) in [6.45, 7) is 0.637. The fraction of sp³-hybridized carbons (Fsp3) is 0.261. The number of primary amides is 1. The molecule has 32 heavy (non-hydrogen) atoms. The molecule has 1 aromatic heterocycles. The third kappa shape index (κ3) is 5.42. The highest BCUT2D eigenvalue weighted by Gasteiger charge is 2.15. The Morgan fingerprint density at radius 1 is 1.16 bits per heavy atom. The van der Waals surface area contributed by atoms with Crippen LogP contribution in [-0.2, 0) is 0 Å². The molecule has 9 heteroatoms. The highest BCUT2D eigenvalue weighted by molar-refractivity contribution is 7.98. The number of nitrogens with two attached hydrogens (primary N) is 1. The van der Waals surface area contributed by atoms with Crippen molar-refractivity contribution in [3.63, 3.8) is 0 Å². The Bertz CT molecular complexity index is 1110. The van der Waals surface area contributed by atoms with E-state index in [0.29, 0.717) is 34.7 Å². The maximum absolute atomic E-state index is 12.3. The fourth-order valence-electron chi connectivity index (χ4n) is 3.11. The summed E-state index contributed by atoms with van der Waals surface area (Å²) in [5.74, 6) is 1.86. The first-order valence-corrected chi connectivity index (χ1v) is 11.4. The van der Waals surface area contributed by atoms with Crippen LogP contribution in [0, 0.1) is 0 Å². The zero-order chi connectivity index (χ0) is 23.1. The highest BCUT2D eigenvalue weighted by Crippen LogP contribution is 2.33. The number of rotatable bonds is 9. The number of hydrogen-bond acceptors (Lipinski definition) is 6. The van der Waals surface area contributed by atoms with Gasteiger partial charge in [0.1, 0.15) is 17.2 Å². The number of pyridine rings is 1. The van der Waals surface area contributed by atoms with Gasteiger partial charge in [-0.25, -0.2) is 4.79 Å². The minimum absolute atomic E-state index is 0.159. The van der Waals surface area contributed by atoms with Crippen molar-refractivity contribution in [2.24, 2.45) is 5.73 Å². The van der Waals surface area contributed by atoms with Gasteiger partial charge in [-0.05, 0) is 54.8 Å². The molecule has 0 bridgehead atoms. The fourth-order valence-corrected chi connectivity index (χ4v) is 3.54. The van der Waals surface area contributed by atoms with Gasteiger partial charge in [-0.3, -0.25) is 14.7 Å². The molecule has 3 aromatic rings. The Labute approximate surface area is 191 Å². The summed E-state index contributed by atoms with van der Waals surface area (Å²) in [5, 5.41) is 3.53. The van der Waals surface area contributed by atoms with Crippen molar-refractivity contribution >= 4 is 40.3 Å². The van der Waals surface area contributed by atoms with Gasteiger partial charge in [-0.2, -0.15) is 11.8 Å². The number of amides is 3. The first kappa shape index (κ1) is 23.2. The van der Waals surface area contributed by atoms with Crippen LogP contribution >= 0.6 is 11.8 Å². The van der Waals surface area contributed by atoms with E-state index in [-0.39, 0.29) is 11.6 Å². The van der Waals surface area contributed by atoms with Gasteiger partial charge >= 0.3 is 6.03 Å². The van der Waals surface area contributed by atoms with Gasteiger partial charge in [0, 0.05) is 36.9 Å². The molecule has 1 heterocycles. The summed E-state index contributed by atoms with van der Waals surface area (Å²) < 4.78 is 11.3. The second-order valence-electron chi connectivity index (χ2n) is 6.98. The quantitative estimate of drug-likeness (QED) is 0.473. The number of hydrogen-bond donors (Lipinski definition) is 2. The molecule has 0 fully saturated rings. The standard InChI is InChI=1S/C23H26N4O4S/c1-27(23(29)26-10-4-12-32-3)15-5-7-16(8-6-15)31-20-9-11-25-19-14-21(30-2)18(22(24)28)13-17(19)20/h5-9,11,13-14H,4,10,12H2,1-3H3,(H2,24,28)(H,26,29). The molecule has 168 valence electrons. The summed E-state index contributed by atoms with van der Waals surface area (Å²) in [5.41, 5.74) is 7.07. The molecule has 3 rings (SSSR count). The second-order valence-corrected chi connectivity index (χ2v) is 7.96. The molecule has 0 aliphatic heterocycles. The predicted molar refractivity (Wildman–Crippen MR) is 128 cm³/mol. The van der Waals surface area contributed by atoms with E-state index in [2.05, 4.69) is 10.3 Å². The molecular weight excluding hydrogens is 428 g/mol. The summed E-state index contributed by atoms with van der Waals surface area (Å²) in [7, 11) is 3.19. The Balaban J connectivity index is 1.77. The number of carbonyl (C=O) groups is 2. The molecule has 3 N–H and O–H groups in total. The predicted octanol–water partition coefficient (Wildman–Crippen LogP) is 4.03. The molecule has 0 atom stereocenters. The number of urea groups is 1. The normalized spacial score (nSPS) is 10.6. The smallest absolute Gasteiger partial charge is 0.321 e. The number of nitrogens with zero attached hydrogens (tertiary/aromatic N) is 2. The summed E-state index contributed by atoms with van der Waals surface area (Å²) in [6.07, 6.45) is 4.58. The van der Waals surface area contributed by atoms with Gasteiger partial charge < -0.3 is 20.5 Å². The maximum Gasteiger partial charge on any atom is 0.321 e. The SMILES string of the molecule is COc1cc2nccc(Oc3ccc(N(C)C(=O)NCCCSC)cc3)c2cc1C(N)=O. The van der Waals surface area contributed by atoms with E-state index in [9.17, 15) is 9.59 Å². The average Bonchev–Trinajstić information content (AvgIpc) is 2.81. The van der Waals surface area contributed by atoms with Crippen molar-refractivity contribution < 1.29 is 19.1 Å². The lowest BCUT2D eigenvalue weighted by atomic mass is 10.1. The number of fused-ring (bicyclic) bond motifs is 1. The van der Waals surface area contributed by atoms with Crippen LogP contribution in [-0.4, -0.2) is 49.6 Å². The largest absolute Gasteiger partial charge is 0.496 e. The lowest BCUT2D eigenvalue weighted by Gasteiger charge is -2.18. The average molecular weight is 455 g/mol. The summed E-state index contributed by atoms with van der Waals surface area (Å²) >= 11 is 1.75. The lowest BCUT2D eigenvalue weighted by Crippen LogP contribution is -2.37. The second kappa shape index (κ2) is 10.7. The molecule has 0 saturated heterocycles. The van der Waals surface area contributed by atoms with Gasteiger partial charge in [-0.1, -0.05) is 0 Å². The zero-order valence-corrected chi connectivity index (χ0v) is 19.1. The number of anilines is 1. The van der Waals surface area contributed by atoms with Crippen molar-refractivity contribution in [3.05, 3.63) is 54.2 Å². The first-order chi connectivity index (χ1) is 15.4. The molecule has 2 aromatic carbocycles. The number of methoxy groups -OCH3 is 1. The first-order valence-electron chi connectivity index (χ1n) is 9.99. The molecule has 8 nitrogen and oxygen atoms in total. The Kier molecular flexibility index (Phi) is 7.77. The van der Waals surface area contributed by atoms with E-state index < -0.39 is 5.91 Å².